The number of hydrogen-bond donors (Lipinski definition) is 0. The van der Waals surface area contributed by atoms with Crippen molar-refractivity contribution in [1.29, 1.82) is 0 Å². The Morgan fingerprint density at radius 1 is 1.03 bits per heavy atom. The van der Waals surface area contributed by atoms with Crippen LogP contribution in [0.15, 0.2) is 71.8 Å². The van der Waals surface area contributed by atoms with Gasteiger partial charge in [-0.2, -0.15) is 8.42 Å². The number of ether oxygens (including phenoxy) is 1. The monoisotopic (exact) mass is 431 g/mol. The first kappa shape index (κ1) is 20.8. The van der Waals surface area contributed by atoms with Gasteiger partial charge in [0.15, 0.2) is 11.5 Å². The Hall–Kier alpha value is -2.90. The van der Waals surface area contributed by atoms with Gasteiger partial charge in [-0.3, -0.25) is 4.79 Å². The van der Waals surface area contributed by atoms with Crippen molar-refractivity contribution < 1.29 is 22.1 Å². The summed E-state index contributed by atoms with van der Waals surface area (Å²) < 4.78 is 36.0. The van der Waals surface area contributed by atoms with Crippen molar-refractivity contribution >= 4 is 27.5 Å². The number of carbonyl (C=O) groups excluding carboxylic acids is 1. The highest BCUT2D eigenvalue weighted by Crippen LogP contribution is 2.28. The number of pyridine rings is 1. The fraction of sp³-hybridized carbons (Fsp3) is 0.143. The maximum atomic E-state index is 12.8. The lowest BCUT2D eigenvalue weighted by Gasteiger charge is -2.12. The molecule has 0 aliphatic carbocycles. The third-order valence-electron chi connectivity index (χ3n) is 3.78. The third-order valence-corrected chi connectivity index (χ3v) is 5.23. The van der Waals surface area contributed by atoms with Crippen molar-refractivity contribution in [3.05, 3.63) is 83.0 Å². The minimum absolute atomic E-state index is 0.0417. The molecule has 0 spiro atoms. The van der Waals surface area contributed by atoms with E-state index in [1.165, 1.54) is 30.3 Å². The van der Waals surface area contributed by atoms with E-state index in [0.717, 1.165) is 6.20 Å². The average Bonchev–Trinajstić information content (AvgIpc) is 2.69. The number of halogens is 1. The van der Waals surface area contributed by atoms with Crippen LogP contribution in [0.3, 0.4) is 0 Å². The van der Waals surface area contributed by atoms with Gasteiger partial charge in [0.05, 0.1) is 17.9 Å². The van der Waals surface area contributed by atoms with Gasteiger partial charge in [0.2, 0.25) is 5.88 Å². The molecule has 0 radical (unpaired) electrons. The van der Waals surface area contributed by atoms with E-state index >= 15 is 0 Å². The van der Waals surface area contributed by atoms with Crippen molar-refractivity contribution in [2.24, 2.45) is 0 Å². The molecule has 0 N–H and O–H groups in total. The maximum Gasteiger partial charge on any atom is 0.340 e. The van der Waals surface area contributed by atoms with Crippen LogP contribution in [0.25, 0.3) is 0 Å². The van der Waals surface area contributed by atoms with Crippen molar-refractivity contribution in [2.45, 2.75) is 24.8 Å². The van der Waals surface area contributed by atoms with Gasteiger partial charge in [0, 0.05) is 16.7 Å². The predicted molar refractivity (Wildman–Crippen MR) is 109 cm³/mol. The van der Waals surface area contributed by atoms with Gasteiger partial charge in [-0.15, -0.1) is 0 Å². The maximum absolute atomic E-state index is 12.8. The van der Waals surface area contributed by atoms with Gasteiger partial charge in [-0.25, -0.2) is 4.98 Å². The highest BCUT2D eigenvalue weighted by molar-refractivity contribution is 7.87. The van der Waals surface area contributed by atoms with Crippen LogP contribution < -0.4 is 8.92 Å². The molecule has 0 atom stereocenters. The van der Waals surface area contributed by atoms with Crippen molar-refractivity contribution in [3.63, 3.8) is 0 Å². The molecule has 1 aromatic heterocycles. The second-order valence-electron chi connectivity index (χ2n) is 6.37. The Kier molecular flexibility index (Phi) is 6.20. The van der Waals surface area contributed by atoms with Crippen molar-refractivity contribution in [1.82, 2.24) is 4.98 Å². The fourth-order valence-corrected chi connectivity index (χ4v) is 3.56. The van der Waals surface area contributed by atoms with E-state index in [-0.39, 0.29) is 27.3 Å². The van der Waals surface area contributed by atoms with Crippen LogP contribution in [-0.2, 0) is 10.1 Å². The molecule has 3 rings (SSSR count). The topological polar surface area (TPSA) is 82.6 Å². The van der Waals surface area contributed by atoms with Crippen LogP contribution in [0.5, 0.6) is 11.6 Å². The zero-order chi connectivity index (χ0) is 21.0. The number of aromatic nitrogens is 1. The normalized spacial score (nSPS) is 11.3. The van der Waals surface area contributed by atoms with Crippen LogP contribution in [0.2, 0.25) is 5.02 Å². The molecule has 0 aliphatic rings. The number of hydrogen-bond acceptors (Lipinski definition) is 6. The molecule has 6 nitrogen and oxygen atoms in total. The van der Waals surface area contributed by atoms with Gasteiger partial charge >= 0.3 is 10.1 Å². The highest BCUT2D eigenvalue weighted by atomic mass is 35.5. The van der Waals surface area contributed by atoms with Crippen molar-refractivity contribution in [3.8, 4) is 11.6 Å². The molecule has 8 heteroatoms. The molecule has 0 bridgehead atoms. The number of rotatable bonds is 7. The summed E-state index contributed by atoms with van der Waals surface area (Å²) in [6, 6.07) is 15.4. The molecule has 1 heterocycles. The van der Waals surface area contributed by atoms with Crippen LogP contribution in [-0.4, -0.2) is 25.3 Å². The lowest BCUT2D eigenvalue weighted by Crippen LogP contribution is -2.14. The Morgan fingerprint density at radius 3 is 2.38 bits per heavy atom. The van der Waals surface area contributed by atoms with Gasteiger partial charge in [0.25, 0.3) is 0 Å². The molecule has 2 aromatic carbocycles. The number of carbonyl (C=O) groups is 1. The molecular weight excluding hydrogens is 414 g/mol. The Balaban J connectivity index is 1.92. The largest absolute Gasteiger partial charge is 0.475 e. The van der Waals surface area contributed by atoms with E-state index in [4.69, 9.17) is 20.5 Å². The summed E-state index contributed by atoms with van der Waals surface area (Å²) in [6.07, 6.45) is 1.05. The predicted octanol–water partition coefficient (Wildman–Crippen LogP) is 4.52. The van der Waals surface area contributed by atoms with Gasteiger partial charge in [-0.1, -0.05) is 41.9 Å². The summed E-state index contributed by atoms with van der Waals surface area (Å²) >= 11 is 6.01. The Labute approximate surface area is 174 Å². The number of ketones is 1. The minimum Gasteiger partial charge on any atom is -0.475 e. The molecule has 0 saturated carbocycles. The SMILES string of the molecule is CC(C)Oc1ccc(S(=O)(=O)Oc2ccc(Cl)cc2C(=O)c2ccccc2)cn1. The quantitative estimate of drug-likeness (QED) is 0.404. The van der Waals surface area contributed by atoms with E-state index < -0.39 is 15.9 Å². The molecule has 150 valence electrons. The molecule has 0 aliphatic heterocycles. The zero-order valence-corrected chi connectivity index (χ0v) is 17.3. The number of nitrogens with zero attached hydrogens (tertiary/aromatic N) is 1. The van der Waals surface area contributed by atoms with Gasteiger partial charge < -0.3 is 8.92 Å². The van der Waals surface area contributed by atoms with Crippen LogP contribution in [0, 0.1) is 0 Å². The first-order valence-electron chi connectivity index (χ1n) is 8.73. The minimum atomic E-state index is -4.22. The van der Waals surface area contributed by atoms with Crippen LogP contribution >= 0.6 is 11.6 Å². The van der Waals surface area contributed by atoms with Gasteiger partial charge in [-0.05, 0) is 38.1 Å². The second-order valence-corrected chi connectivity index (χ2v) is 8.35. The zero-order valence-electron chi connectivity index (χ0n) is 15.7. The third kappa shape index (κ3) is 5.13. The Morgan fingerprint density at radius 2 is 1.76 bits per heavy atom. The smallest absolute Gasteiger partial charge is 0.340 e. The standard InChI is InChI=1S/C21H18ClNO5S/c1-14(2)27-20-11-9-17(13-23-20)29(25,26)28-19-10-8-16(22)12-18(19)21(24)15-6-4-3-5-7-15/h3-14H,1-2H3. The number of benzene rings is 2. The summed E-state index contributed by atoms with van der Waals surface area (Å²) in [5.41, 5.74) is 0.425. The lowest BCUT2D eigenvalue weighted by molar-refractivity contribution is 0.103. The molecular formula is C21H18ClNO5S. The van der Waals surface area contributed by atoms with Crippen LogP contribution in [0.4, 0.5) is 0 Å². The molecule has 0 amide bonds. The van der Waals surface area contributed by atoms with Gasteiger partial charge in [0.1, 0.15) is 4.90 Å². The average molecular weight is 432 g/mol. The van der Waals surface area contributed by atoms with Crippen molar-refractivity contribution in [2.75, 3.05) is 0 Å². The first-order valence-corrected chi connectivity index (χ1v) is 10.5. The molecule has 29 heavy (non-hydrogen) atoms. The molecule has 0 saturated heterocycles. The summed E-state index contributed by atoms with van der Waals surface area (Å²) in [5.74, 6) is -0.228. The lowest BCUT2D eigenvalue weighted by atomic mass is 10.0. The van der Waals surface area contributed by atoms with Crippen LogP contribution in [0.1, 0.15) is 29.8 Å². The van der Waals surface area contributed by atoms with E-state index in [1.54, 1.807) is 30.3 Å². The van der Waals surface area contributed by atoms with E-state index in [2.05, 4.69) is 4.98 Å². The first-order chi connectivity index (χ1) is 13.8. The van der Waals surface area contributed by atoms with E-state index in [0.29, 0.717) is 11.4 Å². The Bertz CT molecular complexity index is 1110. The summed E-state index contributed by atoms with van der Waals surface area (Å²) in [6.45, 7) is 3.67. The highest BCUT2D eigenvalue weighted by Gasteiger charge is 2.23. The second kappa shape index (κ2) is 8.63. The summed E-state index contributed by atoms with van der Waals surface area (Å²) in [5, 5.41) is 0.283. The molecule has 3 aromatic rings. The fourth-order valence-electron chi connectivity index (χ4n) is 2.49. The molecule has 0 fully saturated rings. The van der Waals surface area contributed by atoms with E-state index in [1.807, 2.05) is 13.8 Å². The van der Waals surface area contributed by atoms with E-state index in [9.17, 15) is 13.2 Å². The molecule has 0 unspecified atom stereocenters. The summed E-state index contributed by atoms with van der Waals surface area (Å²) in [7, 11) is -4.22. The summed E-state index contributed by atoms with van der Waals surface area (Å²) in [4.78, 5) is 16.6.